The molecule has 23 heteroatoms. The summed E-state index contributed by atoms with van der Waals surface area (Å²) in [6.07, 6.45) is -16.5. The average Bonchev–Trinajstić information content (AvgIpc) is 3.56. The lowest BCUT2D eigenvalue weighted by molar-refractivity contribution is -0.347. The van der Waals surface area contributed by atoms with Crippen molar-refractivity contribution in [1.29, 1.82) is 0 Å². The fourth-order valence-electron chi connectivity index (χ4n) is 7.86. The normalized spacial score (nSPS) is 25.7. The number of nitrogens with one attached hydrogen (secondary N) is 2. The minimum Gasteiger partial charge on any atom is -0.480 e. The summed E-state index contributed by atoms with van der Waals surface area (Å²) in [5, 5.41) is 15.0. The number of alkyl carbamates (subject to hydrolysis) is 1. The zero-order valence-corrected chi connectivity index (χ0v) is 37.5. The Morgan fingerprint density at radius 3 is 1.51 bits per heavy atom. The van der Waals surface area contributed by atoms with Crippen molar-refractivity contribution in [2.75, 3.05) is 26.4 Å². The van der Waals surface area contributed by atoms with Gasteiger partial charge in [0, 0.05) is 54.4 Å². The summed E-state index contributed by atoms with van der Waals surface area (Å²) in [7, 11) is 0. The van der Waals surface area contributed by atoms with Gasteiger partial charge in [0.2, 0.25) is 5.91 Å². The first kappa shape index (κ1) is 51.3. The number of ether oxygens (including phenoxy) is 11. The molecule has 2 amide bonds. The largest absolute Gasteiger partial charge is 0.480 e. The Morgan fingerprint density at radius 2 is 1.03 bits per heavy atom. The Kier molecular flexibility index (Phi) is 17.7. The van der Waals surface area contributed by atoms with Crippen LogP contribution in [0, 0.1) is 0 Å². The zero-order valence-electron chi connectivity index (χ0n) is 37.5. The van der Waals surface area contributed by atoms with Crippen molar-refractivity contribution < 1.29 is 100 Å². The number of carbonyl (C=O) groups is 9. The van der Waals surface area contributed by atoms with Crippen LogP contribution in [0.25, 0.3) is 11.1 Å². The lowest BCUT2D eigenvalue weighted by atomic mass is 9.94. The van der Waals surface area contributed by atoms with E-state index in [-0.39, 0.29) is 12.5 Å². The monoisotopic (exact) mass is 944 g/mol. The average molecular weight is 945 g/mol. The van der Waals surface area contributed by atoms with Crippen LogP contribution in [0.3, 0.4) is 0 Å². The molecule has 0 radical (unpaired) electrons. The highest BCUT2D eigenvalue weighted by molar-refractivity contribution is 5.81. The second-order valence-corrected chi connectivity index (χ2v) is 15.5. The summed E-state index contributed by atoms with van der Waals surface area (Å²) in [6.45, 7) is 4.88. The van der Waals surface area contributed by atoms with Crippen molar-refractivity contribution in [2.45, 2.75) is 122 Å². The number of carboxylic acids is 1. The Balaban J connectivity index is 1.47. The molecule has 0 bridgehead atoms. The number of fused-ring (bicyclic) bond motifs is 3. The van der Waals surface area contributed by atoms with Gasteiger partial charge in [0.25, 0.3) is 0 Å². The quantitative estimate of drug-likeness (QED) is 0.140. The van der Waals surface area contributed by atoms with Gasteiger partial charge in [-0.25, -0.2) is 9.59 Å². The lowest BCUT2D eigenvalue weighted by Crippen LogP contribution is -2.69. The first-order valence-electron chi connectivity index (χ1n) is 20.9. The highest BCUT2D eigenvalue weighted by Crippen LogP contribution is 2.44. The number of carboxylic acid groups (broad SMARTS) is 1. The van der Waals surface area contributed by atoms with Gasteiger partial charge in [0.05, 0.1) is 6.61 Å². The Morgan fingerprint density at radius 1 is 0.567 bits per heavy atom. The summed E-state index contributed by atoms with van der Waals surface area (Å²) in [5.74, 6) is -8.14. The van der Waals surface area contributed by atoms with Crippen molar-refractivity contribution in [2.24, 2.45) is 0 Å². The fraction of sp³-hybridized carbons (Fsp3) is 0.523. The predicted molar refractivity (Wildman–Crippen MR) is 221 cm³/mol. The van der Waals surface area contributed by atoms with E-state index in [0.717, 1.165) is 70.7 Å². The van der Waals surface area contributed by atoms with Crippen LogP contribution in [0.2, 0.25) is 0 Å². The molecular formula is C44H52N2O21. The van der Waals surface area contributed by atoms with Gasteiger partial charge in [0.15, 0.2) is 43.0 Å². The van der Waals surface area contributed by atoms with E-state index < -0.39 is 141 Å². The Hall–Kier alpha value is -6.69. The third-order valence-corrected chi connectivity index (χ3v) is 10.4. The standard InChI is InChI=1S/C44H52N2O21/c1-20(47)45-35-38(67-43-40(64-26(7)53)39(63-25(6)52)37(62-24(5)51)34(66-43)19-58-22(3)49)36(61-23(4)50)33(18-57-21(2)48)65-42(35)59-17-32(41(54)55)46-44(56)60-16-31-29-14-10-8-12-27(29)28-13-9-11-15-30(28)31/h8-15,31-40,42-43H,16-19H2,1-7H3,(H,45,47)(H,46,56)(H,54,55)/t32-,33?,34?,35?,36?,37?,38?,39?,40?,42?,43?/m0/s1. The van der Waals surface area contributed by atoms with Crippen molar-refractivity contribution in [3.05, 3.63) is 59.7 Å². The molecule has 2 heterocycles. The number of amides is 2. The summed E-state index contributed by atoms with van der Waals surface area (Å²) in [5.41, 5.74) is 3.74. The molecule has 10 unspecified atom stereocenters. The van der Waals surface area contributed by atoms with Gasteiger partial charge in [0.1, 0.15) is 44.2 Å². The molecule has 2 saturated heterocycles. The highest BCUT2D eigenvalue weighted by atomic mass is 16.8. The van der Waals surface area contributed by atoms with Crippen LogP contribution in [0.4, 0.5) is 4.79 Å². The molecule has 0 saturated carbocycles. The number of benzene rings is 2. The van der Waals surface area contributed by atoms with Gasteiger partial charge >= 0.3 is 47.9 Å². The van der Waals surface area contributed by atoms with Gasteiger partial charge in [-0.2, -0.15) is 0 Å². The molecule has 23 nitrogen and oxygen atoms in total. The maximum atomic E-state index is 13.2. The van der Waals surface area contributed by atoms with Crippen LogP contribution >= 0.6 is 0 Å². The van der Waals surface area contributed by atoms with Crippen molar-refractivity contribution >= 4 is 53.8 Å². The Labute approximate surface area is 383 Å². The minimum absolute atomic E-state index is 0.156. The van der Waals surface area contributed by atoms with E-state index in [1.54, 1.807) is 0 Å². The molecule has 2 fully saturated rings. The first-order valence-corrected chi connectivity index (χ1v) is 20.9. The van der Waals surface area contributed by atoms with Gasteiger partial charge in [-0.3, -0.25) is 33.6 Å². The maximum absolute atomic E-state index is 13.2. The van der Waals surface area contributed by atoms with Gasteiger partial charge in [-0.1, -0.05) is 48.5 Å². The number of aliphatic carboxylic acids is 1. The van der Waals surface area contributed by atoms with Crippen molar-refractivity contribution in [3.63, 3.8) is 0 Å². The molecule has 1 aliphatic carbocycles. The van der Waals surface area contributed by atoms with E-state index in [4.69, 9.17) is 52.1 Å². The van der Waals surface area contributed by atoms with E-state index in [2.05, 4.69) is 10.6 Å². The molecule has 2 aliphatic heterocycles. The summed E-state index contributed by atoms with van der Waals surface area (Å²) in [6, 6.07) is 11.7. The van der Waals surface area contributed by atoms with Gasteiger partial charge < -0.3 is 67.8 Å². The van der Waals surface area contributed by atoms with Crippen LogP contribution in [0.15, 0.2) is 48.5 Å². The van der Waals surface area contributed by atoms with Crippen LogP contribution in [0.5, 0.6) is 0 Å². The van der Waals surface area contributed by atoms with Crippen LogP contribution in [-0.4, -0.2) is 153 Å². The van der Waals surface area contributed by atoms with Crippen LogP contribution in [0.1, 0.15) is 65.5 Å². The van der Waals surface area contributed by atoms with E-state index in [1.165, 1.54) is 0 Å². The second kappa shape index (κ2) is 23.2. The SMILES string of the molecule is CC(=O)NC1C(OC[C@H](NC(=O)OCC2c3ccccc3-c3ccccc32)C(=O)O)OC(COC(C)=O)C(OC(C)=O)C1OC1OC(COC(C)=O)C(OC(C)=O)C(OC(C)=O)C1OC(C)=O. The molecule has 11 atom stereocenters. The third-order valence-electron chi connectivity index (χ3n) is 10.4. The van der Waals surface area contributed by atoms with Crippen molar-refractivity contribution in [3.8, 4) is 11.1 Å². The number of hydrogen-bond acceptors (Lipinski definition) is 20. The molecule has 3 N–H and O–H groups in total. The second-order valence-electron chi connectivity index (χ2n) is 15.5. The highest BCUT2D eigenvalue weighted by Gasteiger charge is 2.57. The van der Waals surface area contributed by atoms with E-state index >= 15 is 0 Å². The molecule has 2 aromatic carbocycles. The molecule has 3 aliphatic rings. The van der Waals surface area contributed by atoms with E-state index in [1.807, 2.05) is 48.5 Å². The third kappa shape index (κ3) is 13.7. The number of carbonyl (C=O) groups excluding carboxylic acids is 8. The van der Waals surface area contributed by atoms with Gasteiger partial charge in [-0.05, 0) is 22.3 Å². The predicted octanol–water partition coefficient (Wildman–Crippen LogP) is 1.19. The number of rotatable bonds is 18. The van der Waals surface area contributed by atoms with E-state index in [9.17, 15) is 48.3 Å². The van der Waals surface area contributed by atoms with Crippen LogP contribution in [-0.2, 0) is 90.5 Å². The first-order chi connectivity index (χ1) is 31.7. The zero-order chi connectivity index (χ0) is 49.1. The molecule has 0 aromatic heterocycles. The maximum Gasteiger partial charge on any atom is 0.407 e. The summed E-state index contributed by atoms with van der Waals surface area (Å²) >= 11 is 0. The minimum atomic E-state index is -1.94. The van der Waals surface area contributed by atoms with Crippen molar-refractivity contribution in [1.82, 2.24) is 10.6 Å². The smallest absolute Gasteiger partial charge is 0.407 e. The molecule has 5 rings (SSSR count). The molecular weight excluding hydrogens is 892 g/mol. The summed E-state index contributed by atoms with van der Waals surface area (Å²) in [4.78, 5) is 113. The molecule has 2 aromatic rings. The molecule has 364 valence electrons. The number of esters is 6. The Bertz CT molecular complexity index is 2140. The lowest BCUT2D eigenvalue weighted by Gasteiger charge is -2.49. The number of hydrogen-bond donors (Lipinski definition) is 3. The van der Waals surface area contributed by atoms with Crippen LogP contribution < -0.4 is 10.6 Å². The molecule has 67 heavy (non-hydrogen) atoms. The topological polar surface area (TPSA) is 299 Å². The van der Waals surface area contributed by atoms with E-state index in [0.29, 0.717) is 0 Å². The fourth-order valence-corrected chi connectivity index (χ4v) is 7.86. The summed E-state index contributed by atoms with van der Waals surface area (Å²) < 4.78 is 62.6. The van der Waals surface area contributed by atoms with Gasteiger partial charge in [-0.15, -0.1) is 0 Å². The molecule has 0 spiro atoms.